The van der Waals surface area contributed by atoms with Gasteiger partial charge in [0.25, 0.3) is 0 Å². The van der Waals surface area contributed by atoms with Crippen molar-refractivity contribution in [2.45, 2.75) is 18.8 Å². The summed E-state index contributed by atoms with van der Waals surface area (Å²) in [6.07, 6.45) is 1.04. The van der Waals surface area contributed by atoms with Crippen LogP contribution in [0.15, 0.2) is 22.7 Å². The van der Waals surface area contributed by atoms with Gasteiger partial charge in [0.15, 0.2) is 0 Å². The number of aliphatic hydroxyl groups is 1. The fourth-order valence-electron chi connectivity index (χ4n) is 2.24. The van der Waals surface area contributed by atoms with Crippen molar-refractivity contribution < 1.29 is 9.84 Å². The summed E-state index contributed by atoms with van der Waals surface area (Å²) >= 11 is 3.46. The zero-order valence-corrected chi connectivity index (χ0v) is 10.5. The number of rotatable bonds is 3. The van der Waals surface area contributed by atoms with E-state index in [1.807, 2.05) is 12.1 Å². The Balaban J connectivity index is 2.46. The number of aliphatic hydroxyl groups excluding tert-OH is 1. The Morgan fingerprint density at radius 1 is 1.60 bits per heavy atom. The van der Waals surface area contributed by atoms with Gasteiger partial charge in [0, 0.05) is 15.5 Å². The molecule has 1 saturated carbocycles. The predicted molar refractivity (Wildman–Crippen MR) is 63.2 cm³/mol. The van der Waals surface area contributed by atoms with E-state index in [1.54, 1.807) is 7.11 Å². The van der Waals surface area contributed by atoms with E-state index in [-0.39, 0.29) is 12.0 Å². The minimum Gasteiger partial charge on any atom is -0.496 e. The summed E-state index contributed by atoms with van der Waals surface area (Å²) in [6, 6.07) is 5.96. The number of halogens is 1. The molecule has 1 N–H and O–H groups in total. The van der Waals surface area contributed by atoms with Crippen molar-refractivity contribution in [1.29, 1.82) is 0 Å². The van der Waals surface area contributed by atoms with E-state index >= 15 is 0 Å². The zero-order valence-electron chi connectivity index (χ0n) is 8.96. The Kier molecular flexibility index (Phi) is 2.77. The molecule has 0 spiro atoms. The Hall–Kier alpha value is -0.540. The maximum atomic E-state index is 9.52. The maximum Gasteiger partial charge on any atom is 0.122 e. The van der Waals surface area contributed by atoms with Crippen LogP contribution in [0.25, 0.3) is 0 Å². The van der Waals surface area contributed by atoms with Crippen LogP contribution in [0.5, 0.6) is 5.75 Å². The molecule has 2 nitrogen and oxygen atoms in total. The molecule has 0 heterocycles. The standard InChI is InChI=1S/C12H15BrO2/c1-8-6-12(8,7-14)10-5-9(13)3-4-11(10)15-2/h3-5,8,14H,6-7H2,1-2H3. The van der Waals surface area contributed by atoms with Crippen molar-refractivity contribution in [2.75, 3.05) is 13.7 Å². The van der Waals surface area contributed by atoms with E-state index in [9.17, 15) is 5.11 Å². The fraction of sp³-hybridized carbons (Fsp3) is 0.500. The summed E-state index contributed by atoms with van der Waals surface area (Å²) in [5.74, 6) is 1.40. The van der Waals surface area contributed by atoms with Gasteiger partial charge in [0.2, 0.25) is 0 Å². The smallest absolute Gasteiger partial charge is 0.122 e. The molecule has 0 amide bonds. The van der Waals surface area contributed by atoms with Gasteiger partial charge in [-0.15, -0.1) is 0 Å². The van der Waals surface area contributed by atoms with E-state index in [2.05, 4.69) is 28.9 Å². The molecule has 0 aromatic heterocycles. The lowest BCUT2D eigenvalue weighted by Crippen LogP contribution is -2.16. The monoisotopic (exact) mass is 270 g/mol. The average Bonchev–Trinajstić information content (AvgIpc) is 2.91. The molecule has 1 aliphatic carbocycles. The van der Waals surface area contributed by atoms with Crippen LogP contribution < -0.4 is 4.74 Å². The van der Waals surface area contributed by atoms with E-state index in [1.165, 1.54) is 0 Å². The van der Waals surface area contributed by atoms with Crippen LogP contribution in [-0.4, -0.2) is 18.8 Å². The van der Waals surface area contributed by atoms with Crippen LogP contribution in [-0.2, 0) is 5.41 Å². The van der Waals surface area contributed by atoms with Crippen LogP contribution in [0.3, 0.4) is 0 Å². The quantitative estimate of drug-likeness (QED) is 0.916. The van der Waals surface area contributed by atoms with Crippen LogP contribution in [0, 0.1) is 5.92 Å². The molecule has 1 aliphatic rings. The number of hydrogen-bond donors (Lipinski definition) is 1. The van der Waals surface area contributed by atoms with Gasteiger partial charge in [-0.25, -0.2) is 0 Å². The van der Waals surface area contributed by atoms with E-state index in [0.717, 1.165) is 22.2 Å². The first-order valence-electron chi connectivity index (χ1n) is 5.09. The van der Waals surface area contributed by atoms with Gasteiger partial charge in [0.1, 0.15) is 5.75 Å². The first-order valence-corrected chi connectivity index (χ1v) is 5.88. The highest BCUT2D eigenvalue weighted by atomic mass is 79.9. The van der Waals surface area contributed by atoms with Gasteiger partial charge >= 0.3 is 0 Å². The molecule has 0 saturated heterocycles. The molecule has 1 aromatic carbocycles. The first kappa shape index (κ1) is 11.0. The van der Waals surface area contributed by atoms with E-state index in [4.69, 9.17) is 4.74 Å². The Bertz CT molecular complexity index is 374. The van der Waals surface area contributed by atoms with E-state index < -0.39 is 0 Å². The second-order valence-corrected chi connectivity index (χ2v) is 5.18. The van der Waals surface area contributed by atoms with Crippen LogP contribution in [0.4, 0.5) is 0 Å². The second kappa shape index (κ2) is 3.80. The fourth-order valence-corrected chi connectivity index (χ4v) is 2.60. The minimum absolute atomic E-state index is 0.0743. The Morgan fingerprint density at radius 3 is 2.73 bits per heavy atom. The Labute approximate surface area is 98.4 Å². The summed E-state index contributed by atoms with van der Waals surface area (Å²) in [4.78, 5) is 0. The molecule has 15 heavy (non-hydrogen) atoms. The lowest BCUT2D eigenvalue weighted by molar-refractivity contribution is 0.243. The molecule has 2 atom stereocenters. The zero-order chi connectivity index (χ0) is 11.1. The van der Waals surface area contributed by atoms with Gasteiger partial charge in [-0.1, -0.05) is 22.9 Å². The molecule has 2 rings (SSSR count). The van der Waals surface area contributed by atoms with Gasteiger partial charge in [-0.2, -0.15) is 0 Å². The topological polar surface area (TPSA) is 29.5 Å². The largest absolute Gasteiger partial charge is 0.496 e. The second-order valence-electron chi connectivity index (χ2n) is 4.26. The van der Waals surface area contributed by atoms with Crippen molar-refractivity contribution in [3.05, 3.63) is 28.2 Å². The van der Waals surface area contributed by atoms with Gasteiger partial charge < -0.3 is 9.84 Å². The van der Waals surface area contributed by atoms with E-state index in [0.29, 0.717) is 5.92 Å². The normalized spacial score (nSPS) is 28.9. The molecule has 0 bridgehead atoms. The highest BCUT2D eigenvalue weighted by molar-refractivity contribution is 9.10. The van der Waals surface area contributed by atoms with Gasteiger partial charge in [-0.05, 0) is 30.5 Å². The van der Waals surface area contributed by atoms with Crippen molar-refractivity contribution in [3.63, 3.8) is 0 Å². The third kappa shape index (κ3) is 1.68. The third-order valence-electron chi connectivity index (χ3n) is 3.43. The highest BCUT2D eigenvalue weighted by Gasteiger charge is 2.53. The van der Waals surface area contributed by atoms with Crippen LogP contribution in [0.1, 0.15) is 18.9 Å². The first-order chi connectivity index (χ1) is 7.14. The third-order valence-corrected chi connectivity index (χ3v) is 3.93. The number of methoxy groups -OCH3 is 1. The van der Waals surface area contributed by atoms with Gasteiger partial charge in [0.05, 0.1) is 13.7 Å². The molecule has 3 heteroatoms. The molecule has 0 radical (unpaired) electrons. The van der Waals surface area contributed by atoms with Crippen LogP contribution in [0.2, 0.25) is 0 Å². The van der Waals surface area contributed by atoms with Crippen molar-refractivity contribution in [3.8, 4) is 5.75 Å². The predicted octanol–water partition coefficient (Wildman–Crippen LogP) is 2.73. The molecule has 2 unspecified atom stereocenters. The molecule has 82 valence electrons. The van der Waals surface area contributed by atoms with Crippen molar-refractivity contribution in [2.24, 2.45) is 5.92 Å². The summed E-state index contributed by atoms with van der Waals surface area (Å²) in [7, 11) is 1.67. The molecule has 1 fully saturated rings. The number of benzene rings is 1. The molecule has 0 aliphatic heterocycles. The minimum atomic E-state index is -0.0743. The van der Waals surface area contributed by atoms with Crippen LogP contribution >= 0.6 is 15.9 Å². The Morgan fingerprint density at radius 2 is 2.27 bits per heavy atom. The number of hydrogen-bond acceptors (Lipinski definition) is 2. The molecular weight excluding hydrogens is 256 g/mol. The summed E-state index contributed by atoms with van der Waals surface area (Å²) in [5.41, 5.74) is 1.05. The maximum absolute atomic E-state index is 9.52. The SMILES string of the molecule is COc1ccc(Br)cc1C1(CO)CC1C. The highest BCUT2D eigenvalue weighted by Crippen LogP contribution is 2.56. The van der Waals surface area contributed by atoms with Crippen molar-refractivity contribution >= 4 is 15.9 Å². The summed E-state index contributed by atoms with van der Waals surface area (Å²) in [5, 5.41) is 9.52. The van der Waals surface area contributed by atoms with Gasteiger partial charge in [-0.3, -0.25) is 0 Å². The lowest BCUT2D eigenvalue weighted by atomic mass is 9.93. The number of ether oxygens (including phenoxy) is 1. The average molecular weight is 271 g/mol. The lowest BCUT2D eigenvalue weighted by Gasteiger charge is -2.18. The molecule has 1 aromatic rings. The molecular formula is C12H15BrO2. The summed E-state index contributed by atoms with van der Waals surface area (Å²) < 4.78 is 6.38. The van der Waals surface area contributed by atoms with Crippen molar-refractivity contribution in [1.82, 2.24) is 0 Å². The summed E-state index contributed by atoms with van der Waals surface area (Å²) in [6.45, 7) is 2.36.